The number of methoxy groups -OCH3 is 1. The Kier molecular flexibility index (Phi) is 10.9. The van der Waals surface area contributed by atoms with Crippen LogP contribution in [0.5, 0.6) is 0 Å². The molecule has 2 aliphatic rings. The summed E-state index contributed by atoms with van der Waals surface area (Å²) in [7, 11) is 1.63. The van der Waals surface area contributed by atoms with Gasteiger partial charge in [0.05, 0.1) is 6.10 Å². The second-order valence-electron chi connectivity index (χ2n) is 11.2. The van der Waals surface area contributed by atoms with Crippen LogP contribution in [0.3, 0.4) is 0 Å². The van der Waals surface area contributed by atoms with Crippen molar-refractivity contribution in [2.24, 2.45) is 11.8 Å². The fraction of sp³-hybridized carbons (Fsp3) is 0.633. The average molecular weight is 560 g/mol. The lowest BCUT2D eigenvalue weighted by molar-refractivity contribution is -0.00433. The van der Waals surface area contributed by atoms with Gasteiger partial charge in [-0.2, -0.15) is 0 Å². The maximum atomic E-state index is 14.9. The first-order valence-corrected chi connectivity index (χ1v) is 14.6. The molecule has 0 spiro atoms. The van der Waals surface area contributed by atoms with Crippen molar-refractivity contribution in [3.05, 3.63) is 56.1 Å². The summed E-state index contributed by atoms with van der Waals surface area (Å²) in [6, 6.07) is 6.32. The zero-order valence-electron chi connectivity index (χ0n) is 23.3. The predicted octanol–water partition coefficient (Wildman–Crippen LogP) is 4.45. The summed E-state index contributed by atoms with van der Waals surface area (Å²) in [4.78, 5) is 38.7. The van der Waals surface area contributed by atoms with Gasteiger partial charge in [0.2, 0.25) is 0 Å². The number of hydrogen-bond donors (Lipinski definition) is 3. The molecule has 4 rings (SSSR count). The van der Waals surface area contributed by atoms with Gasteiger partial charge >= 0.3 is 6.09 Å². The van der Waals surface area contributed by atoms with Gasteiger partial charge in [0.15, 0.2) is 0 Å². The SMILES string of the molecule is COCCCOC(c1ccccc1F)C1CCCN(c2c(N[C@H](CNC(=O)O)CC3CCCCC3)c(=O)c2=O)C1. The highest BCUT2D eigenvalue weighted by molar-refractivity contribution is 5.76. The number of amides is 1. The number of piperidine rings is 1. The number of rotatable bonds is 14. The zero-order valence-corrected chi connectivity index (χ0v) is 23.3. The minimum atomic E-state index is -1.12. The Morgan fingerprint density at radius 2 is 1.88 bits per heavy atom. The second kappa shape index (κ2) is 14.6. The highest BCUT2D eigenvalue weighted by atomic mass is 19.1. The van der Waals surface area contributed by atoms with E-state index in [1.54, 1.807) is 25.3 Å². The fourth-order valence-corrected chi connectivity index (χ4v) is 6.31. The lowest BCUT2D eigenvalue weighted by atomic mass is 9.84. The molecule has 1 saturated heterocycles. The van der Waals surface area contributed by atoms with Crippen LogP contribution in [0.4, 0.5) is 20.6 Å². The second-order valence-corrected chi connectivity index (χ2v) is 11.2. The van der Waals surface area contributed by atoms with E-state index in [-0.39, 0.29) is 30.0 Å². The first-order chi connectivity index (χ1) is 19.4. The van der Waals surface area contributed by atoms with E-state index in [0.717, 1.165) is 44.9 Å². The zero-order chi connectivity index (χ0) is 28.5. The van der Waals surface area contributed by atoms with Crippen LogP contribution in [-0.4, -0.2) is 57.2 Å². The van der Waals surface area contributed by atoms with E-state index in [1.807, 2.05) is 4.90 Å². The number of carboxylic acid groups (broad SMARTS) is 1. The Labute approximate surface area is 234 Å². The van der Waals surface area contributed by atoms with E-state index in [9.17, 15) is 23.9 Å². The fourth-order valence-electron chi connectivity index (χ4n) is 6.31. The van der Waals surface area contributed by atoms with Gasteiger partial charge in [-0.15, -0.1) is 0 Å². The van der Waals surface area contributed by atoms with E-state index >= 15 is 0 Å². The molecule has 1 aliphatic heterocycles. The summed E-state index contributed by atoms with van der Waals surface area (Å²) in [5.74, 6) is 0.0365. The van der Waals surface area contributed by atoms with E-state index in [2.05, 4.69) is 10.6 Å². The summed E-state index contributed by atoms with van der Waals surface area (Å²) in [6.07, 6.45) is 7.03. The van der Waals surface area contributed by atoms with Crippen molar-refractivity contribution < 1.29 is 23.8 Å². The van der Waals surface area contributed by atoms with E-state index in [4.69, 9.17) is 9.47 Å². The molecule has 1 saturated carbocycles. The van der Waals surface area contributed by atoms with E-state index in [0.29, 0.717) is 49.9 Å². The molecule has 1 heterocycles. The number of halogens is 1. The molecular weight excluding hydrogens is 517 g/mol. The smallest absolute Gasteiger partial charge is 0.404 e. The molecule has 2 aromatic rings. The van der Waals surface area contributed by atoms with Gasteiger partial charge in [-0.05, 0) is 37.7 Å². The molecule has 9 nitrogen and oxygen atoms in total. The van der Waals surface area contributed by atoms with Crippen LogP contribution in [0.2, 0.25) is 0 Å². The summed E-state index contributed by atoms with van der Waals surface area (Å²) in [6.45, 7) is 2.15. The van der Waals surface area contributed by atoms with Crippen molar-refractivity contribution >= 4 is 17.5 Å². The van der Waals surface area contributed by atoms with Crippen LogP contribution in [0.15, 0.2) is 33.9 Å². The lowest BCUT2D eigenvalue weighted by Gasteiger charge is -2.39. The average Bonchev–Trinajstić information content (AvgIpc) is 2.96. The van der Waals surface area contributed by atoms with Crippen molar-refractivity contribution in [3.8, 4) is 0 Å². The maximum Gasteiger partial charge on any atom is 0.404 e. The molecule has 220 valence electrons. The summed E-state index contributed by atoms with van der Waals surface area (Å²) < 4.78 is 26.2. The third-order valence-corrected chi connectivity index (χ3v) is 8.28. The number of ether oxygens (including phenoxy) is 2. The van der Waals surface area contributed by atoms with Crippen molar-refractivity contribution in [1.29, 1.82) is 0 Å². The van der Waals surface area contributed by atoms with Gasteiger partial charge in [-0.1, -0.05) is 50.3 Å². The molecule has 1 aliphatic carbocycles. The van der Waals surface area contributed by atoms with Gasteiger partial charge in [-0.25, -0.2) is 9.18 Å². The Balaban J connectivity index is 1.51. The van der Waals surface area contributed by atoms with Crippen LogP contribution in [0.1, 0.15) is 69.5 Å². The summed E-state index contributed by atoms with van der Waals surface area (Å²) in [5.41, 5.74) is 0.00612. The number of anilines is 2. The third-order valence-electron chi connectivity index (χ3n) is 8.28. The molecule has 0 radical (unpaired) electrons. The molecule has 0 aromatic heterocycles. The number of benzene rings is 1. The molecule has 0 bridgehead atoms. The molecule has 2 unspecified atom stereocenters. The van der Waals surface area contributed by atoms with Crippen LogP contribution in [0.25, 0.3) is 0 Å². The van der Waals surface area contributed by atoms with Crippen molar-refractivity contribution in [3.63, 3.8) is 0 Å². The third kappa shape index (κ3) is 7.60. The molecule has 3 N–H and O–H groups in total. The molecule has 2 fully saturated rings. The highest BCUT2D eigenvalue weighted by Crippen LogP contribution is 2.37. The summed E-state index contributed by atoms with van der Waals surface area (Å²) in [5, 5.41) is 14.9. The van der Waals surface area contributed by atoms with Crippen LogP contribution >= 0.6 is 0 Å². The molecule has 10 heteroatoms. The first-order valence-electron chi connectivity index (χ1n) is 14.6. The largest absolute Gasteiger partial charge is 0.465 e. The van der Waals surface area contributed by atoms with Gasteiger partial charge < -0.3 is 30.1 Å². The molecule has 2 aromatic carbocycles. The Morgan fingerprint density at radius 1 is 1.10 bits per heavy atom. The number of nitrogens with zero attached hydrogens (tertiary/aromatic N) is 1. The minimum absolute atomic E-state index is 0.0860. The van der Waals surface area contributed by atoms with Crippen molar-refractivity contribution in [2.75, 3.05) is 50.2 Å². The number of carbonyl (C=O) groups is 1. The van der Waals surface area contributed by atoms with Gasteiger partial charge in [0.1, 0.15) is 17.2 Å². The number of hydrogen-bond acceptors (Lipinski definition) is 7. The minimum Gasteiger partial charge on any atom is -0.465 e. The molecule has 40 heavy (non-hydrogen) atoms. The van der Waals surface area contributed by atoms with Crippen LogP contribution in [-0.2, 0) is 9.47 Å². The Hall–Kier alpha value is -2.98. The Bertz CT molecular complexity index is 1180. The van der Waals surface area contributed by atoms with E-state index < -0.39 is 23.1 Å². The Morgan fingerprint density at radius 3 is 2.60 bits per heavy atom. The maximum absolute atomic E-state index is 14.9. The predicted molar refractivity (Wildman–Crippen MR) is 153 cm³/mol. The monoisotopic (exact) mass is 559 g/mol. The van der Waals surface area contributed by atoms with Crippen LogP contribution in [0, 0.1) is 17.7 Å². The van der Waals surface area contributed by atoms with Gasteiger partial charge in [0.25, 0.3) is 10.9 Å². The lowest BCUT2D eigenvalue weighted by Crippen LogP contribution is -2.49. The van der Waals surface area contributed by atoms with E-state index in [1.165, 1.54) is 12.5 Å². The normalized spacial score (nSPS) is 19.9. The van der Waals surface area contributed by atoms with Crippen molar-refractivity contribution in [1.82, 2.24) is 5.32 Å². The molecular formula is C30H42FN3O6. The first kappa shape index (κ1) is 30.0. The molecule has 3 atom stereocenters. The topological polar surface area (TPSA) is 117 Å². The quantitative estimate of drug-likeness (QED) is 0.230. The van der Waals surface area contributed by atoms with Gasteiger partial charge in [-0.3, -0.25) is 9.59 Å². The van der Waals surface area contributed by atoms with Crippen molar-refractivity contribution in [2.45, 2.75) is 69.9 Å². The van der Waals surface area contributed by atoms with Gasteiger partial charge in [0, 0.05) is 57.5 Å². The summed E-state index contributed by atoms with van der Waals surface area (Å²) >= 11 is 0. The highest BCUT2D eigenvalue weighted by Gasteiger charge is 2.35. The standard InChI is InChI=1S/C30H42FN3O6/c1-39-15-8-16-40-29(23-12-5-6-13-24(23)31)21-11-7-14-34(19-21)26-25(27(35)28(26)36)33-22(18-32-30(37)38)17-20-9-3-2-4-10-20/h5-6,12-13,20-22,29,32-33H,2-4,7-11,14-19H2,1H3,(H,37,38)/t21?,22-,29?/m0/s1. The molecule has 1 amide bonds. The number of nitrogens with one attached hydrogen (secondary N) is 2. The van der Waals surface area contributed by atoms with Crippen LogP contribution < -0.4 is 26.4 Å².